The molecule has 0 saturated heterocycles. The number of aryl methyl sites for hydroxylation is 1. The molecule has 0 spiro atoms. The summed E-state index contributed by atoms with van der Waals surface area (Å²) < 4.78 is 11.0. The van der Waals surface area contributed by atoms with Gasteiger partial charge in [-0.2, -0.15) is 0 Å². The molecule has 0 radical (unpaired) electrons. The van der Waals surface area contributed by atoms with E-state index in [1.165, 1.54) is 0 Å². The van der Waals surface area contributed by atoms with Gasteiger partial charge in [-0.3, -0.25) is 9.59 Å². The minimum atomic E-state index is -0.767. The van der Waals surface area contributed by atoms with Crippen LogP contribution in [0.1, 0.15) is 21.5 Å². The molecule has 0 bridgehead atoms. The maximum Gasteiger partial charge on any atom is 0.251 e. The minimum absolute atomic E-state index is 0.265. The molecule has 1 atom stereocenters. The molecule has 0 aliphatic carbocycles. The number of hydrogen-bond donors (Lipinski definition) is 3. The SMILES string of the molecule is COc1ccc(NCCNC(=O)C(Cc2ccc(Oc3ccc(Cl)cc3)cc2)NC(=O)c2cccc(C)c2)cc1. The van der Waals surface area contributed by atoms with Crippen LogP contribution in [0, 0.1) is 6.92 Å². The lowest BCUT2D eigenvalue weighted by Gasteiger charge is -2.19. The Balaban J connectivity index is 1.39. The van der Waals surface area contributed by atoms with Gasteiger partial charge in [-0.25, -0.2) is 0 Å². The summed E-state index contributed by atoms with van der Waals surface area (Å²) in [5.74, 6) is 1.53. The van der Waals surface area contributed by atoms with Gasteiger partial charge in [0.15, 0.2) is 0 Å². The molecule has 1 unspecified atom stereocenters. The van der Waals surface area contributed by atoms with Gasteiger partial charge in [-0.1, -0.05) is 41.4 Å². The van der Waals surface area contributed by atoms with E-state index in [9.17, 15) is 9.59 Å². The first kappa shape index (κ1) is 28.5. The lowest BCUT2D eigenvalue weighted by Crippen LogP contribution is -2.48. The molecule has 40 heavy (non-hydrogen) atoms. The monoisotopic (exact) mass is 557 g/mol. The van der Waals surface area contributed by atoms with Crippen molar-refractivity contribution in [3.63, 3.8) is 0 Å². The summed E-state index contributed by atoms with van der Waals surface area (Å²) in [5, 5.41) is 9.75. The number of ether oxygens (including phenoxy) is 2. The topological polar surface area (TPSA) is 88.7 Å². The zero-order chi connectivity index (χ0) is 28.3. The number of methoxy groups -OCH3 is 1. The third-order valence-electron chi connectivity index (χ3n) is 6.16. The Bertz CT molecular complexity index is 1410. The highest BCUT2D eigenvalue weighted by molar-refractivity contribution is 6.30. The summed E-state index contributed by atoms with van der Waals surface area (Å²) in [6.07, 6.45) is 0.316. The molecular weight excluding hydrogens is 526 g/mol. The molecule has 3 N–H and O–H groups in total. The van der Waals surface area contributed by atoms with E-state index in [4.69, 9.17) is 21.1 Å². The molecule has 206 valence electrons. The van der Waals surface area contributed by atoms with E-state index in [0.717, 1.165) is 22.6 Å². The second-order valence-corrected chi connectivity index (χ2v) is 9.68. The number of carbonyl (C=O) groups is 2. The maximum atomic E-state index is 13.2. The smallest absolute Gasteiger partial charge is 0.251 e. The minimum Gasteiger partial charge on any atom is -0.497 e. The highest BCUT2D eigenvalue weighted by Crippen LogP contribution is 2.23. The summed E-state index contributed by atoms with van der Waals surface area (Å²) in [7, 11) is 1.62. The van der Waals surface area contributed by atoms with Crippen molar-refractivity contribution in [2.24, 2.45) is 0 Å². The average molecular weight is 558 g/mol. The van der Waals surface area contributed by atoms with Gasteiger partial charge in [-0.05, 0) is 85.3 Å². The van der Waals surface area contributed by atoms with E-state index in [-0.39, 0.29) is 11.8 Å². The first-order valence-corrected chi connectivity index (χ1v) is 13.3. The Hall–Kier alpha value is -4.49. The fourth-order valence-electron chi connectivity index (χ4n) is 4.03. The predicted octanol–water partition coefficient (Wildman–Crippen LogP) is 6.02. The second kappa shape index (κ2) is 14.1. The van der Waals surface area contributed by atoms with Gasteiger partial charge >= 0.3 is 0 Å². The van der Waals surface area contributed by atoms with Crippen LogP contribution in [-0.2, 0) is 11.2 Å². The molecule has 4 rings (SSSR count). The quantitative estimate of drug-likeness (QED) is 0.185. The lowest BCUT2D eigenvalue weighted by molar-refractivity contribution is -0.122. The van der Waals surface area contributed by atoms with E-state index in [1.807, 2.05) is 67.6 Å². The Morgan fingerprint density at radius 1 is 0.825 bits per heavy atom. The van der Waals surface area contributed by atoms with Gasteiger partial charge in [-0.15, -0.1) is 0 Å². The van der Waals surface area contributed by atoms with E-state index < -0.39 is 6.04 Å². The van der Waals surface area contributed by atoms with Crippen LogP contribution >= 0.6 is 11.6 Å². The number of halogens is 1. The van der Waals surface area contributed by atoms with Crippen LogP contribution in [0.15, 0.2) is 97.1 Å². The zero-order valence-corrected chi connectivity index (χ0v) is 23.2. The van der Waals surface area contributed by atoms with Gasteiger partial charge in [0.1, 0.15) is 23.3 Å². The van der Waals surface area contributed by atoms with Crippen LogP contribution in [0.25, 0.3) is 0 Å². The van der Waals surface area contributed by atoms with Crippen LogP contribution in [0.2, 0.25) is 5.02 Å². The third-order valence-corrected chi connectivity index (χ3v) is 6.41. The van der Waals surface area contributed by atoms with Gasteiger partial charge in [0.2, 0.25) is 5.91 Å². The fraction of sp³-hybridized carbons (Fsp3) is 0.188. The van der Waals surface area contributed by atoms with Crippen LogP contribution in [-0.4, -0.2) is 38.1 Å². The summed E-state index contributed by atoms with van der Waals surface area (Å²) in [5.41, 5.74) is 3.27. The predicted molar refractivity (Wildman–Crippen MR) is 159 cm³/mol. The number of carbonyl (C=O) groups excluding carboxylic acids is 2. The number of amides is 2. The molecule has 0 heterocycles. The molecule has 8 heteroatoms. The van der Waals surface area contributed by atoms with Crippen molar-refractivity contribution in [3.8, 4) is 17.2 Å². The summed E-state index contributed by atoms with van der Waals surface area (Å²) in [6.45, 7) is 2.83. The van der Waals surface area contributed by atoms with Crippen molar-refractivity contribution < 1.29 is 19.1 Å². The largest absolute Gasteiger partial charge is 0.497 e. The number of rotatable bonds is 12. The molecule has 0 aromatic heterocycles. The molecule has 7 nitrogen and oxygen atoms in total. The molecule has 2 amide bonds. The molecule has 0 fully saturated rings. The first-order valence-electron chi connectivity index (χ1n) is 12.9. The molecule has 0 saturated carbocycles. The third kappa shape index (κ3) is 8.51. The summed E-state index contributed by atoms with van der Waals surface area (Å²) >= 11 is 5.94. The normalized spacial score (nSPS) is 11.3. The Kier molecular flexibility index (Phi) is 10.0. The van der Waals surface area contributed by atoms with Crippen LogP contribution in [0.5, 0.6) is 17.2 Å². The Morgan fingerprint density at radius 3 is 2.12 bits per heavy atom. The number of anilines is 1. The molecule has 4 aromatic rings. The van der Waals surface area contributed by atoms with E-state index in [2.05, 4.69) is 16.0 Å². The van der Waals surface area contributed by atoms with Crippen LogP contribution < -0.4 is 25.4 Å². The molecule has 0 aliphatic rings. The Morgan fingerprint density at radius 2 is 1.48 bits per heavy atom. The lowest BCUT2D eigenvalue weighted by atomic mass is 10.0. The van der Waals surface area contributed by atoms with Crippen molar-refractivity contribution in [2.45, 2.75) is 19.4 Å². The van der Waals surface area contributed by atoms with Crippen molar-refractivity contribution in [2.75, 3.05) is 25.5 Å². The van der Waals surface area contributed by atoms with E-state index >= 15 is 0 Å². The standard InChI is InChI=1S/C32H32ClN3O4/c1-22-4-3-5-24(20-22)31(37)36-30(32(38)35-19-18-34-26-10-16-27(39-2)17-11-26)21-23-6-12-28(13-7-23)40-29-14-8-25(33)9-15-29/h3-17,20,30,34H,18-19,21H2,1-2H3,(H,35,38)(H,36,37). The Labute approximate surface area is 239 Å². The van der Waals surface area contributed by atoms with Crippen molar-refractivity contribution >= 4 is 29.1 Å². The maximum absolute atomic E-state index is 13.2. The number of hydrogen-bond acceptors (Lipinski definition) is 5. The van der Waals surface area contributed by atoms with Crippen molar-refractivity contribution in [1.29, 1.82) is 0 Å². The average Bonchev–Trinajstić information content (AvgIpc) is 2.97. The van der Waals surface area contributed by atoms with Crippen LogP contribution in [0.3, 0.4) is 0 Å². The number of benzene rings is 4. The molecule has 4 aromatic carbocycles. The second-order valence-electron chi connectivity index (χ2n) is 9.25. The van der Waals surface area contributed by atoms with E-state index in [0.29, 0.717) is 41.6 Å². The van der Waals surface area contributed by atoms with E-state index in [1.54, 1.807) is 43.5 Å². The van der Waals surface area contributed by atoms with Crippen molar-refractivity contribution in [1.82, 2.24) is 10.6 Å². The first-order chi connectivity index (χ1) is 19.4. The summed E-state index contributed by atoms with van der Waals surface area (Å²) in [4.78, 5) is 26.2. The van der Waals surface area contributed by atoms with Gasteiger partial charge in [0.25, 0.3) is 5.91 Å². The van der Waals surface area contributed by atoms with Crippen molar-refractivity contribution in [3.05, 3.63) is 119 Å². The zero-order valence-electron chi connectivity index (χ0n) is 22.4. The van der Waals surface area contributed by atoms with Gasteiger partial charge in [0.05, 0.1) is 7.11 Å². The summed E-state index contributed by atoms with van der Waals surface area (Å²) in [6, 6.07) is 28.6. The van der Waals surface area contributed by atoms with Gasteiger partial charge < -0.3 is 25.4 Å². The molecule has 0 aliphatic heterocycles. The highest BCUT2D eigenvalue weighted by Gasteiger charge is 2.22. The molecular formula is C32H32ClN3O4. The number of nitrogens with one attached hydrogen (secondary N) is 3. The van der Waals surface area contributed by atoms with Crippen LogP contribution in [0.4, 0.5) is 5.69 Å². The highest BCUT2D eigenvalue weighted by atomic mass is 35.5. The van der Waals surface area contributed by atoms with Gasteiger partial charge in [0, 0.05) is 35.8 Å². The fourth-order valence-corrected chi connectivity index (χ4v) is 4.16.